The molecule has 1 aliphatic heterocycles. The second kappa shape index (κ2) is 10.5. The third-order valence-corrected chi connectivity index (χ3v) is 5.21. The van der Waals surface area contributed by atoms with E-state index in [9.17, 15) is 14.4 Å². The first kappa shape index (κ1) is 22.3. The molecular formula is C18H20BrNO7S. The van der Waals surface area contributed by atoms with Crippen molar-refractivity contribution in [2.24, 2.45) is 0 Å². The average molecular weight is 474 g/mol. The van der Waals surface area contributed by atoms with Crippen molar-refractivity contribution in [1.29, 1.82) is 0 Å². The van der Waals surface area contributed by atoms with E-state index >= 15 is 0 Å². The van der Waals surface area contributed by atoms with Crippen molar-refractivity contribution in [2.45, 2.75) is 6.42 Å². The number of methoxy groups -OCH3 is 3. The van der Waals surface area contributed by atoms with Gasteiger partial charge in [0.05, 0.1) is 23.6 Å². The normalized spacial score (nSPS) is 15.3. The van der Waals surface area contributed by atoms with Crippen molar-refractivity contribution in [2.75, 3.05) is 41.1 Å². The molecule has 0 aromatic heterocycles. The predicted molar refractivity (Wildman–Crippen MR) is 107 cm³/mol. The Morgan fingerprint density at radius 3 is 2.64 bits per heavy atom. The smallest absolute Gasteiger partial charge is 0.343 e. The number of hydrogen-bond donors (Lipinski definition) is 0. The minimum absolute atomic E-state index is 0.273. The Hall–Kier alpha value is -2.04. The van der Waals surface area contributed by atoms with Gasteiger partial charge in [-0.05, 0) is 57.9 Å². The molecule has 2 rings (SSSR count). The molecule has 10 heteroatoms. The molecule has 28 heavy (non-hydrogen) atoms. The summed E-state index contributed by atoms with van der Waals surface area (Å²) in [6.45, 7) is 0.506. The third kappa shape index (κ3) is 5.49. The van der Waals surface area contributed by atoms with Crippen LogP contribution in [-0.4, -0.2) is 63.1 Å². The van der Waals surface area contributed by atoms with Gasteiger partial charge in [-0.15, -0.1) is 0 Å². The van der Waals surface area contributed by atoms with Crippen LogP contribution in [0.25, 0.3) is 6.08 Å². The highest BCUT2D eigenvalue weighted by Crippen LogP contribution is 2.39. The molecule has 1 saturated heterocycles. The minimum atomic E-state index is -0.528. The van der Waals surface area contributed by atoms with Crippen LogP contribution in [0.5, 0.6) is 11.5 Å². The molecule has 0 saturated carbocycles. The van der Waals surface area contributed by atoms with Crippen molar-refractivity contribution in [3.05, 3.63) is 27.1 Å². The van der Waals surface area contributed by atoms with E-state index in [1.165, 1.54) is 19.1 Å². The first-order valence-corrected chi connectivity index (χ1v) is 9.83. The fraction of sp³-hybridized carbons (Fsp3) is 0.389. The number of hydrogen-bond acceptors (Lipinski definition) is 8. The molecule has 2 amide bonds. The van der Waals surface area contributed by atoms with Crippen molar-refractivity contribution >= 4 is 50.9 Å². The molecule has 8 nitrogen and oxygen atoms in total. The molecule has 0 bridgehead atoms. The molecule has 1 aromatic rings. The van der Waals surface area contributed by atoms with Crippen LogP contribution in [0.3, 0.4) is 0 Å². The van der Waals surface area contributed by atoms with Crippen molar-refractivity contribution in [1.82, 2.24) is 4.90 Å². The first-order valence-electron chi connectivity index (χ1n) is 8.22. The highest BCUT2D eigenvalue weighted by molar-refractivity contribution is 9.10. The molecule has 1 heterocycles. The number of imide groups is 1. The summed E-state index contributed by atoms with van der Waals surface area (Å²) in [7, 11) is 4.29. The monoisotopic (exact) mass is 473 g/mol. The van der Waals surface area contributed by atoms with Gasteiger partial charge in [0.25, 0.3) is 11.1 Å². The summed E-state index contributed by atoms with van der Waals surface area (Å²) in [6.07, 6.45) is 2.19. The number of carbonyl (C=O) groups is 3. The number of halogens is 1. The Morgan fingerprint density at radius 1 is 1.25 bits per heavy atom. The van der Waals surface area contributed by atoms with Crippen LogP contribution in [0.15, 0.2) is 21.5 Å². The third-order valence-electron chi connectivity index (χ3n) is 3.72. The lowest BCUT2D eigenvalue weighted by Crippen LogP contribution is -2.29. The van der Waals surface area contributed by atoms with Gasteiger partial charge in [0, 0.05) is 20.3 Å². The summed E-state index contributed by atoms with van der Waals surface area (Å²) < 4.78 is 20.8. The minimum Gasteiger partial charge on any atom is -0.493 e. The highest BCUT2D eigenvalue weighted by atomic mass is 79.9. The number of rotatable bonds is 9. The fourth-order valence-corrected chi connectivity index (χ4v) is 3.80. The van der Waals surface area contributed by atoms with Crippen LogP contribution < -0.4 is 9.47 Å². The Morgan fingerprint density at radius 2 is 2.00 bits per heavy atom. The first-order chi connectivity index (χ1) is 13.4. The number of esters is 1. The average Bonchev–Trinajstić information content (AvgIpc) is 2.93. The number of benzene rings is 1. The van der Waals surface area contributed by atoms with E-state index in [1.807, 2.05) is 0 Å². The van der Waals surface area contributed by atoms with E-state index in [2.05, 4.69) is 20.7 Å². The molecule has 0 unspecified atom stereocenters. The van der Waals surface area contributed by atoms with Gasteiger partial charge in [0.1, 0.15) is 0 Å². The lowest BCUT2D eigenvalue weighted by atomic mass is 10.2. The quantitative estimate of drug-likeness (QED) is 0.307. The number of ether oxygens (including phenoxy) is 4. The highest BCUT2D eigenvalue weighted by Gasteiger charge is 2.34. The summed E-state index contributed by atoms with van der Waals surface area (Å²) >= 11 is 4.26. The number of thioether (sulfide) groups is 1. The van der Waals surface area contributed by atoms with Crippen LogP contribution in [0.1, 0.15) is 12.0 Å². The summed E-state index contributed by atoms with van der Waals surface area (Å²) in [5.74, 6) is -0.172. The number of amides is 2. The van der Waals surface area contributed by atoms with Crippen molar-refractivity contribution in [3.8, 4) is 11.5 Å². The fourth-order valence-electron chi connectivity index (χ4n) is 2.36. The standard InChI is InChI=1S/C18H20BrNO7S/c1-24-6-4-5-20-17(22)14(28-18(20)23)9-11-7-12(19)16(13(8-11)25-2)27-10-15(21)26-3/h7-9H,4-6,10H2,1-3H3/b14-9+. The number of carbonyl (C=O) groups excluding carboxylic acids is 3. The molecular weight excluding hydrogens is 454 g/mol. The molecule has 0 radical (unpaired) electrons. The van der Waals surface area contributed by atoms with Gasteiger partial charge in [-0.25, -0.2) is 4.79 Å². The van der Waals surface area contributed by atoms with E-state index < -0.39 is 5.97 Å². The van der Waals surface area contributed by atoms with Gasteiger partial charge in [0.15, 0.2) is 18.1 Å². The van der Waals surface area contributed by atoms with Crippen LogP contribution in [-0.2, 0) is 19.1 Å². The molecule has 0 atom stereocenters. The van der Waals surface area contributed by atoms with Crippen LogP contribution in [0.2, 0.25) is 0 Å². The predicted octanol–water partition coefficient (Wildman–Crippen LogP) is 3.08. The lowest BCUT2D eigenvalue weighted by molar-refractivity contribution is -0.143. The van der Waals surface area contributed by atoms with Gasteiger partial charge in [-0.3, -0.25) is 14.5 Å². The van der Waals surface area contributed by atoms with E-state index in [0.29, 0.717) is 46.0 Å². The summed E-state index contributed by atoms with van der Waals surface area (Å²) in [4.78, 5) is 37.4. The van der Waals surface area contributed by atoms with E-state index in [1.54, 1.807) is 25.3 Å². The summed E-state index contributed by atoms with van der Waals surface area (Å²) in [5.41, 5.74) is 0.636. The van der Waals surface area contributed by atoms with Crippen LogP contribution in [0.4, 0.5) is 4.79 Å². The van der Waals surface area contributed by atoms with Crippen molar-refractivity contribution in [3.63, 3.8) is 0 Å². The van der Waals surface area contributed by atoms with Crippen LogP contribution >= 0.6 is 27.7 Å². The maximum absolute atomic E-state index is 12.5. The largest absolute Gasteiger partial charge is 0.493 e. The maximum atomic E-state index is 12.5. The lowest BCUT2D eigenvalue weighted by Gasteiger charge is -2.13. The zero-order chi connectivity index (χ0) is 20.7. The Bertz CT molecular complexity index is 796. The molecule has 1 aromatic carbocycles. The van der Waals surface area contributed by atoms with Gasteiger partial charge < -0.3 is 18.9 Å². The summed E-state index contributed by atoms with van der Waals surface area (Å²) in [5, 5.41) is -0.309. The molecule has 0 spiro atoms. The van der Waals surface area contributed by atoms with Gasteiger partial charge in [0.2, 0.25) is 0 Å². The maximum Gasteiger partial charge on any atom is 0.343 e. The molecule has 0 N–H and O–H groups in total. The van der Waals surface area contributed by atoms with Crippen LogP contribution in [0, 0.1) is 0 Å². The molecule has 1 aliphatic rings. The zero-order valence-corrected chi connectivity index (χ0v) is 18.1. The molecule has 0 aliphatic carbocycles. The van der Waals surface area contributed by atoms with Gasteiger partial charge in [-0.2, -0.15) is 0 Å². The SMILES string of the molecule is COCCCN1C(=O)S/C(=C/c2cc(Br)c(OCC(=O)OC)c(OC)c2)C1=O. The van der Waals surface area contributed by atoms with Gasteiger partial charge in [-0.1, -0.05) is 0 Å². The molecule has 1 fully saturated rings. The van der Waals surface area contributed by atoms with Crippen molar-refractivity contribution < 1.29 is 33.3 Å². The Labute approximate surface area is 175 Å². The zero-order valence-electron chi connectivity index (χ0n) is 15.7. The second-order valence-corrected chi connectivity index (χ2v) is 7.43. The Balaban J connectivity index is 2.21. The summed E-state index contributed by atoms with van der Waals surface area (Å²) in [6, 6.07) is 3.35. The second-order valence-electron chi connectivity index (χ2n) is 5.58. The van der Waals surface area contributed by atoms with E-state index in [-0.39, 0.29) is 17.8 Å². The van der Waals surface area contributed by atoms with E-state index in [4.69, 9.17) is 14.2 Å². The number of nitrogens with zero attached hydrogens (tertiary/aromatic N) is 1. The van der Waals surface area contributed by atoms with E-state index in [0.717, 1.165) is 11.8 Å². The Kier molecular flexibility index (Phi) is 8.34. The molecule has 152 valence electrons. The van der Waals surface area contributed by atoms with Gasteiger partial charge >= 0.3 is 5.97 Å². The topological polar surface area (TPSA) is 91.4 Å².